The summed E-state index contributed by atoms with van der Waals surface area (Å²) >= 11 is 1.23. The number of carbonyl (C=O) groups excluding carboxylic acids is 1. The van der Waals surface area contributed by atoms with Crippen molar-refractivity contribution in [2.24, 2.45) is 0 Å². The Hall–Kier alpha value is -2.60. The van der Waals surface area contributed by atoms with Gasteiger partial charge in [0.25, 0.3) is 5.22 Å². The van der Waals surface area contributed by atoms with Crippen LogP contribution in [0, 0.1) is 0 Å². The van der Waals surface area contributed by atoms with Crippen molar-refractivity contribution < 1.29 is 9.21 Å². The topological polar surface area (TPSA) is 68.0 Å². The molecule has 0 saturated carbocycles. The van der Waals surface area contributed by atoms with E-state index in [0.717, 1.165) is 17.7 Å². The minimum absolute atomic E-state index is 0.105. The minimum atomic E-state index is -0.105. The van der Waals surface area contributed by atoms with Crippen molar-refractivity contribution >= 4 is 23.4 Å². The van der Waals surface area contributed by atoms with Crippen molar-refractivity contribution in [1.82, 2.24) is 10.2 Å². The molecule has 3 rings (SSSR count). The van der Waals surface area contributed by atoms with E-state index >= 15 is 0 Å². The summed E-state index contributed by atoms with van der Waals surface area (Å²) in [6.45, 7) is 2.13. The van der Waals surface area contributed by atoms with E-state index in [0.29, 0.717) is 17.5 Å². The van der Waals surface area contributed by atoms with E-state index in [9.17, 15) is 4.79 Å². The van der Waals surface area contributed by atoms with Gasteiger partial charge in [0.2, 0.25) is 11.8 Å². The number of hydrogen-bond donors (Lipinski definition) is 1. The molecule has 0 aliphatic heterocycles. The van der Waals surface area contributed by atoms with Crippen LogP contribution in [0.4, 0.5) is 5.69 Å². The van der Waals surface area contributed by atoms with Crippen molar-refractivity contribution in [2.45, 2.75) is 25.0 Å². The highest BCUT2D eigenvalue weighted by Crippen LogP contribution is 2.18. The van der Waals surface area contributed by atoms with Crippen molar-refractivity contribution in [3.05, 3.63) is 71.6 Å². The molecule has 0 unspecified atom stereocenters. The van der Waals surface area contributed by atoms with Gasteiger partial charge in [-0.1, -0.05) is 61.2 Å². The lowest BCUT2D eigenvalue weighted by Gasteiger charge is -2.02. The number of rotatable bonds is 7. The first kappa shape index (κ1) is 17.2. The van der Waals surface area contributed by atoms with E-state index in [-0.39, 0.29) is 11.7 Å². The van der Waals surface area contributed by atoms with Crippen molar-refractivity contribution in [1.29, 1.82) is 0 Å². The summed E-state index contributed by atoms with van der Waals surface area (Å²) in [5.74, 6) is 0.670. The maximum absolute atomic E-state index is 11.9. The second-order valence-corrected chi connectivity index (χ2v) is 6.44. The first-order valence-electron chi connectivity index (χ1n) is 8.11. The van der Waals surface area contributed by atoms with E-state index in [2.05, 4.69) is 46.7 Å². The van der Waals surface area contributed by atoms with Gasteiger partial charge >= 0.3 is 0 Å². The average Bonchev–Trinajstić information content (AvgIpc) is 3.09. The lowest BCUT2D eigenvalue weighted by Crippen LogP contribution is -2.13. The number of amides is 1. The van der Waals surface area contributed by atoms with Gasteiger partial charge in [0, 0.05) is 5.69 Å². The molecule has 0 fully saturated rings. The van der Waals surface area contributed by atoms with Gasteiger partial charge in [-0.05, 0) is 29.7 Å². The van der Waals surface area contributed by atoms with Crippen LogP contribution in [0.2, 0.25) is 0 Å². The molecule has 1 amide bonds. The predicted octanol–water partition coefficient (Wildman–Crippen LogP) is 3.95. The molecule has 0 spiro atoms. The number of carbonyl (C=O) groups is 1. The maximum atomic E-state index is 11.9. The Morgan fingerprint density at radius 3 is 2.48 bits per heavy atom. The summed E-state index contributed by atoms with van der Waals surface area (Å²) in [4.78, 5) is 11.9. The third-order valence-electron chi connectivity index (χ3n) is 3.62. The monoisotopic (exact) mass is 353 g/mol. The van der Waals surface area contributed by atoms with Gasteiger partial charge in [-0.3, -0.25) is 4.79 Å². The van der Waals surface area contributed by atoms with Gasteiger partial charge in [0.1, 0.15) is 0 Å². The lowest BCUT2D eigenvalue weighted by atomic mass is 10.1. The Kier molecular flexibility index (Phi) is 5.85. The summed E-state index contributed by atoms with van der Waals surface area (Å²) in [7, 11) is 0. The van der Waals surface area contributed by atoms with Gasteiger partial charge in [-0.2, -0.15) is 0 Å². The van der Waals surface area contributed by atoms with Crippen LogP contribution in [-0.4, -0.2) is 21.9 Å². The molecule has 3 aromatic rings. The van der Waals surface area contributed by atoms with Crippen LogP contribution in [0.5, 0.6) is 0 Å². The summed E-state index contributed by atoms with van der Waals surface area (Å²) < 4.78 is 5.61. The minimum Gasteiger partial charge on any atom is -0.416 e. The molecule has 0 saturated heterocycles. The van der Waals surface area contributed by atoms with E-state index in [1.807, 2.05) is 30.3 Å². The number of para-hydroxylation sites is 1. The molecule has 0 radical (unpaired) electrons. The zero-order valence-corrected chi connectivity index (χ0v) is 14.8. The van der Waals surface area contributed by atoms with Crippen molar-refractivity contribution in [3.8, 4) is 0 Å². The van der Waals surface area contributed by atoms with Gasteiger partial charge in [-0.15, -0.1) is 10.2 Å². The Balaban J connectivity index is 1.50. The molecule has 0 atom stereocenters. The number of hydrogen-bond acceptors (Lipinski definition) is 5. The van der Waals surface area contributed by atoms with Gasteiger partial charge in [-0.25, -0.2) is 0 Å². The first-order chi connectivity index (χ1) is 12.2. The SMILES string of the molecule is CCc1ccc(Cc2nnc(SCC(=O)Nc3ccccc3)o2)cc1. The predicted molar refractivity (Wildman–Crippen MR) is 98.7 cm³/mol. The molecule has 0 aliphatic carbocycles. The first-order valence-corrected chi connectivity index (χ1v) is 9.09. The van der Waals surface area contributed by atoms with E-state index in [1.54, 1.807) is 0 Å². The summed E-state index contributed by atoms with van der Waals surface area (Å²) in [6.07, 6.45) is 1.61. The standard InChI is InChI=1S/C19H19N3O2S/c1-2-14-8-10-15(11-9-14)12-18-21-22-19(24-18)25-13-17(23)20-16-6-4-3-5-7-16/h3-11H,2,12-13H2,1H3,(H,20,23). The number of nitrogens with one attached hydrogen (secondary N) is 1. The van der Waals surface area contributed by atoms with E-state index < -0.39 is 0 Å². The van der Waals surface area contributed by atoms with E-state index in [1.165, 1.54) is 17.3 Å². The average molecular weight is 353 g/mol. The number of aryl methyl sites for hydroxylation is 1. The molecule has 2 aromatic carbocycles. The summed E-state index contributed by atoms with van der Waals surface area (Å²) in [5.41, 5.74) is 3.20. The molecule has 1 aromatic heterocycles. The molecule has 5 nitrogen and oxygen atoms in total. The third kappa shape index (κ3) is 5.19. The summed E-state index contributed by atoms with van der Waals surface area (Å²) in [5, 5.41) is 11.3. The van der Waals surface area contributed by atoms with Gasteiger partial charge < -0.3 is 9.73 Å². The Morgan fingerprint density at radius 2 is 1.76 bits per heavy atom. The van der Waals surface area contributed by atoms with Crippen molar-refractivity contribution in [3.63, 3.8) is 0 Å². The summed E-state index contributed by atoms with van der Waals surface area (Å²) in [6, 6.07) is 17.7. The van der Waals surface area contributed by atoms with Crippen LogP contribution in [0.1, 0.15) is 23.9 Å². The van der Waals surface area contributed by atoms with Crippen LogP contribution in [0.3, 0.4) is 0 Å². The van der Waals surface area contributed by atoms with E-state index in [4.69, 9.17) is 4.42 Å². The number of nitrogens with zero attached hydrogens (tertiary/aromatic N) is 2. The quantitative estimate of drug-likeness (QED) is 0.651. The highest BCUT2D eigenvalue weighted by molar-refractivity contribution is 7.99. The molecule has 1 N–H and O–H groups in total. The lowest BCUT2D eigenvalue weighted by molar-refractivity contribution is -0.113. The zero-order chi connectivity index (χ0) is 17.5. The fraction of sp³-hybridized carbons (Fsp3) is 0.211. The molecule has 0 bridgehead atoms. The number of benzene rings is 2. The Labute approximate surface area is 150 Å². The van der Waals surface area contributed by atoms with Gasteiger partial charge in [0.05, 0.1) is 12.2 Å². The molecular formula is C19H19N3O2S. The highest BCUT2D eigenvalue weighted by Gasteiger charge is 2.10. The second-order valence-electron chi connectivity index (χ2n) is 5.51. The molecule has 0 aliphatic rings. The number of thioether (sulfide) groups is 1. The highest BCUT2D eigenvalue weighted by atomic mass is 32.2. The Morgan fingerprint density at radius 1 is 1.04 bits per heavy atom. The maximum Gasteiger partial charge on any atom is 0.277 e. The van der Waals surface area contributed by atoms with Gasteiger partial charge in [0.15, 0.2) is 0 Å². The van der Waals surface area contributed by atoms with Crippen molar-refractivity contribution in [2.75, 3.05) is 11.1 Å². The Bertz CT molecular complexity index is 816. The largest absolute Gasteiger partial charge is 0.416 e. The van der Waals surface area contributed by atoms with Crippen LogP contribution in [0.25, 0.3) is 0 Å². The molecule has 128 valence electrons. The van der Waals surface area contributed by atoms with Crippen LogP contribution in [-0.2, 0) is 17.6 Å². The fourth-order valence-corrected chi connectivity index (χ4v) is 2.86. The second kappa shape index (κ2) is 8.48. The fourth-order valence-electron chi connectivity index (χ4n) is 2.28. The molecule has 25 heavy (non-hydrogen) atoms. The number of aromatic nitrogens is 2. The number of anilines is 1. The molecule has 6 heteroatoms. The third-order valence-corrected chi connectivity index (χ3v) is 4.44. The normalized spacial score (nSPS) is 10.6. The van der Waals surface area contributed by atoms with Crippen LogP contribution in [0.15, 0.2) is 64.2 Å². The van der Waals surface area contributed by atoms with Crippen LogP contribution < -0.4 is 5.32 Å². The zero-order valence-electron chi connectivity index (χ0n) is 13.9. The smallest absolute Gasteiger partial charge is 0.277 e. The molecular weight excluding hydrogens is 334 g/mol. The van der Waals surface area contributed by atoms with Crippen LogP contribution >= 0.6 is 11.8 Å². The molecule has 1 heterocycles.